The molecule has 3 rings (SSSR count). The van der Waals surface area contributed by atoms with Crippen molar-refractivity contribution in [2.75, 3.05) is 13.1 Å². The summed E-state index contributed by atoms with van der Waals surface area (Å²) in [4.78, 5) is 38.4. The first-order valence-corrected chi connectivity index (χ1v) is 10.2. The van der Waals surface area contributed by atoms with Gasteiger partial charge in [-0.15, -0.1) is 0 Å². The Morgan fingerprint density at radius 2 is 1.93 bits per heavy atom. The molecule has 0 aliphatic carbocycles. The van der Waals surface area contributed by atoms with Gasteiger partial charge in [0.1, 0.15) is 0 Å². The van der Waals surface area contributed by atoms with E-state index in [0.717, 1.165) is 26.5 Å². The van der Waals surface area contributed by atoms with Gasteiger partial charge in [-0.1, -0.05) is 30.3 Å². The van der Waals surface area contributed by atoms with E-state index in [2.05, 4.69) is 27.9 Å². The average Bonchev–Trinajstić information content (AvgIpc) is 2.92. The lowest BCUT2D eigenvalue weighted by molar-refractivity contribution is -0.122. The number of amides is 3. The molecule has 7 heteroatoms. The van der Waals surface area contributed by atoms with Crippen molar-refractivity contribution in [1.82, 2.24) is 10.2 Å². The van der Waals surface area contributed by atoms with Crippen molar-refractivity contribution in [3.05, 3.63) is 73.7 Å². The fraction of sp³-hybridized carbons (Fsp3) is 0.150. The van der Waals surface area contributed by atoms with Gasteiger partial charge in [0.05, 0.1) is 4.91 Å². The molecule has 1 saturated heterocycles. The quantitative estimate of drug-likeness (QED) is 0.505. The van der Waals surface area contributed by atoms with Crippen molar-refractivity contribution in [3.63, 3.8) is 0 Å². The van der Waals surface area contributed by atoms with Crippen LogP contribution in [0.15, 0.2) is 53.4 Å². The maximum absolute atomic E-state index is 12.5. The second-order valence-corrected chi connectivity index (χ2v) is 8.12. The van der Waals surface area contributed by atoms with Crippen molar-refractivity contribution >= 4 is 57.5 Å². The number of hydrogen-bond donors (Lipinski definition) is 1. The third kappa shape index (κ3) is 4.78. The molecule has 2 aromatic carbocycles. The summed E-state index contributed by atoms with van der Waals surface area (Å²) in [6, 6.07) is 14.8. The van der Waals surface area contributed by atoms with E-state index in [9.17, 15) is 14.4 Å². The molecule has 5 nitrogen and oxygen atoms in total. The molecular weight excluding hydrogens is 475 g/mol. The number of imide groups is 1. The molecule has 1 fully saturated rings. The Hall–Kier alpha value is -2.13. The zero-order valence-corrected chi connectivity index (χ0v) is 17.5. The van der Waals surface area contributed by atoms with Crippen LogP contribution in [0.5, 0.6) is 0 Å². The second-order valence-electron chi connectivity index (χ2n) is 5.96. The topological polar surface area (TPSA) is 66.5 Å². The van der Waals surface area contributed by atoms with Crippen LogP contribution in [0.25, 0.3) is 6.08 Å². The number of nitrogens with one attached hydrogen (secondary N) is 1. The van der Waals surface area contributed by atoms with E-state index >= 15 is 0 Å². The maximum Gasteiger partial charge on any atom is 0.293 e. The number of thioether (sulfide) groups is 1. The molecule has 138 valence electrons. The summed E-state index contributed by atoms with van der Waals surface area (Å²) in [6.07, 6.45) is 1.71. The molecule has 3 amide bonds. The van der Waals surface area contributed by atoms with Gasteiger partial charge in [-0.3, -0.25) is 19.3 Å². The molecule has 0 saturated carbocycles. The number of carbonyl (C=O) groups excluding carboxylic acids is 3. The zero-order valence-electron chi connectivity index (χ0n) is 14.6. The summed E-state index contributed by atoms with van der Waals surface area (Å²) in [5.41, 5.74) is 2.46. The van der Waals surface area contributed by atoms with Gasteiger partial charge in [-0.2, -0.15) is 0 Å². The Balaban J connectivity index is 1.58. The first-order valence-electron chi connectivity index (χ1n) is 8.30. The van der Waals surface area contributed by atoms with Crippen LogP contribution < -0.4 is 5.32 Å². The molecule has 0 radical (unpaired) electrons. The monoisotopic (exact) mass is 492 g/mol. The fourth-order valence-electron chi connectivity index (χ4n) is 2.56. The summed E-state index contributed by atoms with van der Waals surface area (Å²) in [5.74, 6) is -0.547. The van der Waals surface area contributed by atoms with Crippen molar-refractivity contribution in [2.24, 2.45) is 0 Å². The Morgan fingerprint density at radius 1 is 1.19 bits per heavy atom. The molecule has 0 spiro atoms. The van der Waals surface area contributed by atoms with Gasteiger partial charge >= 0.3 is 0 Å². The Bertz CT molecular complexity index is 928. The summed E-state index contributed by atoms with van der Waals surface area (Å²) in [7, 11) is 0. The molecule has 1 aliphatic rings. The van der Waals surface area contributed by atoms with Gasteiger partial charge in [-0.05, 0) is 76.7 Å². The molecule has 0 bridgehead atoms. The lowest BCUT2D eigenvalue weighted by Crippen LogP contribution is -2.37. The number of aryl methyl sites for hydroxylation is 1. The van der Waals surface area contributed by atoms with Crippen LogP contribution in [-0.4, -0.2) is 35.0 Å². The second kappa shape index (κ2) is 8.71. The van der Waals surface area contributed by atoms with E-state index in [1.807, 2.05) is 49.4 Å². The summed E-state index contributed by atoms with van der Waals surface area (Å²) in [6.45, 7) is 2.30. The summed E-state index contributed by atoms with van der Waals surface area (Å²) < 4.78 is 1.09. The van der Waals surface area contributed by atoms with E-state index in [1.54, 1.807) is 12.1 Å². The van der Waals surface area contributed by atoms with E-state index < -0.39 is 0 Å². The molecule has 2 aromatic rings. The number of halogens is 1. The number of carbonyl (C=O) groups is 3. The molecule has 1 heterocycles. The third-order valence-electron chi connectivity index (χ3n) is 4.01. The lowest BCUT2D eigenvalue weighted by Gasteiger charge is -2.13. The molecule has 27 heavy (non-hydrogen) atoms. The first kappa shape index (κ1) is 19.6. The fourth-order valence-corrected chi connectivity index (χ4v) is 3.76. The van der Waals surface area contributed by atoms with Gasteiger partial charge < -0.3 is 5.32 Å². The van der Waals surface area contributed by atoms with Gasteiger partial charge in [-0.25, -0.2) is 0 Å². The molecule has 1 N–H and O–H groups in total. The minimum Gasteiger partial charge on any atom is -0.350 e. The summed E-state index contributed by atoms with van der Waals surface area (Å²) >= 11 is 3.13. The standard InChI is InChI=1S/C20H17IN2O3S/c1-13-11-15(7-8-16(13)21)18(24)22-9-10-23-19(25)17(27-20(23)26)12-14-5-3-2-4-6-14/h2-8,11-12H,9-10H2,1H3,(H,22,24)/b17-12+. The predicted molar refractivity (Wildman–Crippen MR) is 115 cm³/mol. The Labute approximate surface area is 175 Å². The highest BCUT2D eigenvalue weighted by atomic mass is 127. The minimum absolute atomic E-state index is 0.145. The zero-order chi connectivity index (χ0) is 19.4. The van der Waals surface area contributed by atoms with E-state index in [-0.39, 0.29) is 30.1 Å². The van der Waals surface area contributed by atoms with Crippen LogP contribution in [0.4, 0.5) is 4.79 Å². The van der Waals surface area contributed by atoms with E-state index in [0.29, 0.717) is 10.5 Å². The highest BCUT2D eigenvalue weighted by molar-refractivity contribution is 14.1. The predicted octanol–water partition coefficient (Wildman–Crippen LogP) is 4.07. The molecule has 0 aromatic heterocycles. The van der Waals surface area contributed by atoms with Gasteiger partial charge in [0.15, 0.2) is 0 Å². The van der Waals surface area contributed by atoms with Crippen molar-refractivity contribution in [2.45, 2.75) is 6.92 Å². The Kier molecular flexibility index (Phi) is 6.33. The van der Waals surface area contributed by atoms with Crippen molar-refractivity contribution < 1.29 is 14.4 Å². The van der Waals surface area contributed by atoms with Crippen molar-refractivity contribution in [1.29, 1.82) is 0 Å². The minimum atomic E-state index is -0.326. The molecule has 1 aliphatic heterocycles. The number of rotatable bonds is 5. The van der Waals surface area contributed by atoms with Gasteiger partial charge in [0, 0.05) is 22.2 Å². The van der Waals surface area contributed by atoms with Gasteiger partial charge in [0.25, 0.3) is 17.1 Å². The third-order valence-corrected chi connectivity index (χ3v) is 6.13. The lowest BCUT2D eigenvalue weighted by atomic mass is 10.1. The number of nitrogens with zero attached hydrogens (tertiary/aromatic N) is 1. The van der Waals surface area contributed by atoms with Crippen LogP contribution in [0, 0.1) is 10.5 Å². The van der Waals surface area contributed by atoms with E-state index in [1.165, 1.54) is 4.90 Å². The van der Waals surface area contributed by atoms with Crippen LogP contribution >= 0.6 is 34.4 Å². The highest BCUT2D eigenvalue weighted by Crippen LogP contribution is 2.31. The van der Waals surface area contributed by atoms with Gasteiger partial charge in [0.2, 0.25) is 0 Å². The van der Waals surface area contributed by atoms with Crippen LogP contribution in [0.3, 0.4) is 0 Å². The highest BCUT2D eigenvalue weighted by Gasteiger charge is 2.34. The van der Waals surface area contributed by atoms with Crippen LogP contribution in [0.2, 0.25) is 0 Å². The van der Waals surface area contributed by atoms with Crippen LogP contribution in [-0.2, 0) is 4.79 Å². The number of hydrogen-bond acceptors (Lipinski definition) is 4. The average molecular weight is 492 g/mol. The smallest absolute Gasteiger partial charge is 0.293 e. The molecule has 0 unspecified atom stereocenters. The Morgan fingerprint density at radius 3 is 2.63 bits per heavy atom. The summed E-state index contributed by atoms with van der Waals surface area (Å²) in [5, 5.41) is 2.44. The number of benzene rings is 2. The van der Waals surface area contributed by atoms with Crippen LogP contribution in [0.1, 0.15) is 21.5 Å². The normalized spacial score (nSPS) is 15.5. The first-order chi connectivity index (χ1) is 13.0. The molecular formula is C20H17IN2O3S. The maximum atomic E-state index is 12.5. The largest absolute Gasteiger partial charge is 0.350 e. The molecule has 0 atom stereocenters. The van der Waals surface area contributed by atoms with E-state index in [4.69, 9.17) is 0 Å². The van der Waals surface area contributed by atoms with Crippen molar-refractivity contribution in [3.8, 4) is 0 Å². The SMILES string of the molecule is Cc1cc(C(=O)NCCN2C(=O)S/C(=C/c3ccccc3)C2=O)ccc1I.